The highest BCUT2D eigenvalue weighted by molar-refractivity contribution is 5.88. The summed E-state index contributed by atoms with van der Waals surface area (Å²) in [5.41, 5.74) is 28.2. The molecule has 262 valence electrons. The Hall–Kier alpha value is -0.970. The van der Waals surface area contributed by atoms with E-state index in [4.69, 9.17) is 47.6 Å². The van der Waals surface area contributed by atoms with E-state index in [1.54, 1.807) is 0 Å². The van der Waals surface area contributed by atoms with Crippen LogP contribution in [0.15, 0.2) is 0 Å². The van der Waals surface area contributed by atoms with Crippen molar-refractivity contribution in [2.75, 3.05) is 26.2 Å². The number of nitrogens with two attached hydrogens (primary N) is 5. The van der Waals surface area contributed by atoms with Crippen LogP contribution < -0.4 is 34.0 Å². The van der Waals surface area contributed by atoms with Crippen molar-refractivity contribution in [3.05, 3.63) is 0 Å². The number of nitrogens with one attached hydrogen (secondary N) is 1. The molecule has 17 nitrogen and oxygen atoms in total. The van der Waals surface area contributed by atoms with Crippen molar-refractivity contribution in [3.63, 3.8) is 0 Å². The predicted molar refractivity (Wildman–Crippen MR) is 158 cm³/mol. The maximum Gasteiger partial charge on any atom is 0.186 e. The van der Waals surface area contributed by atoms with E-state index in [0.29, 0.717) is 25.8 Å². The van der Waals surface area contributed by atoms with Gasteiger partial charge in [-0.15, -0.1) is 0 Å². The average molecular weight is 651 g/mol. The summed E-state index contributed by atoms with van der Waals surface area (Å²) in [6.07, 6.45) is -9.56. The van der Waals surface area contributed by atoms with Gasteiger partial charge in [-0.1, -0.05) is 0 Å². The van der Waals surface area contributed by atoms with Crippen LogP contribution in [0.5, 0.6) is 0 Å². The van der Waals surface area contributed by atoms with Crippen LogP contribution in [0.1, 0.15) is 44.9 Å². The van der Waals surface area contributed by atoms with E-state index in [9.17, 15) is 35.4 Å². The first-order chi connectivity index (χ1) is 21.3. The molecule has 0 amide bonds. The molecule has 4 aliphatic rings. The lowest BCUT2D eigenvalue weighted by molar-refractivity contribution is -0.318. The molecular weight excluding hydrogens is 596 g/mol. The van der Waals surface area contributed by atoms with Gasteiger partial charge in [-0.05, 0) is 51.0 Å². The SMILES string of the molecule is NCCC(O)CN[C@@H]1CC[C@@H](CN)O[C@@H]1OC1[C@@H](N)C[C@@H](CC(=O)C2(O)CC(N)C2)[C@H](O[C@H]2O[C@H](CO)[C@@H](O)[C@H](N)[C@H]2O)[C@H]1O. The fourth-order valence-corrected chi connectivity index (χ4v) is 6.85. The number of hydrogen-bond donors (Lipinski definition) is 12. The maximum absolute atomic E-state index is 13.2. The number of aliphatic hydroxyl groups is 6. The van der Waals surface area contributed by atoms with E-state index < -0.39 is 91.3 Å². The molecule has 4 fully saturated rings. The normalized spacial score (nSPS) is 46.4. The zero-order valence-electron chi connectivity index (χ0n) is 25.5. The van der Waals surface area contributed by atoms with Gasteiger partial charge in [0.15, 0.2) is 18.4 Å². The van der Waals surface area contributed by atoms with E-state index in [1.807, 2.05) is 0 Å². The number of ether oxygens (including phenoxy) is 4. The molecule has 0 radical (unpaired) electrons. The topological polar surface area (TPSA) is 318 Å². The van der Waals surface area contributed by atoms with Crippen molar-refractivity contribution in [2.45, 2.75) is 136 Å². The van der Waals surface area contributed by atoms with Gasteiger partial charge in [-0.2, -0.15) is 0 Å². The van der Waals surface area contributed by atoms with Crippen LogP contribution >= 0.6 is 0 Å². The van der Waals surface area contributed by atoms with E-state index in [1.165, 1.54) is 0 Å². The fourth-order valence-electron chi connectivity index (χ4n) is 6.85. The third kappa shape index (κ3) is 8.55. The molecule has 2 aliphatic carbocycles. The molecule has 0 aromatic heterocycles. The molecule has 17 heteroatoms. The number of carbonyl (C=O) groups is 1. The first-order valence-electron chi connectivity index (χ1n) is 15.9. The van der Waals surface area contributed by atoms with Crippen molar-refractivity contribution >= 4 is 5.78 Å². The summed E-state index contributed by atoms with van der Waals surface area (Å²) in [6, 6.07) is -2.74. The Morgan fingerprint density at radius 3 is 2.29 bits per heavy atom. The van der Waals surface area contributed by atoms with Crippen molar-refractivity contribution in [2.24, 2.45) is 34.6 Å². The summed E-state index contributed by atoms with van der Waals surface area (Å²) in [5.74, 6) is -1.23. The third-order valence-corrected chi connectivity index (χ3v) is 9.65. The monoisotopic (exact) mass is 650 g/mol. The molecule has 14 atom stereocenters. The molecule has 2 saturated carbocycles. The number of hydrogen-bond acceptors (Lipinski definition) is 17. The first kappa shape index (κ1) is 36.9. The lowest BCUT2D eigenvalue weighted by Gasteiger charge is -2.49. The van der Waals surface area contributed by atoms with Gasteiger partial charge in [0.25, 0.3) is 0 Å². The number of aliphatic hydroxyl groups excluding tert-OH is 5. The summed E-state index contributed by atoms with van der Waals surface area (Å²) >= 11 is 0. The number of Topliss-reactive ketones (excluding diaryl/α,β-unsaturated/α-hetero) is 1. The second-order valence-corrected chi connectivity index (χ2v) is 13.1. The fraction of sp³-hybridized carbons (Fsp3) is 0.964. The van der Waals surface area contributed by atoms with Gasteiger partial charge in [0, 0.05) is 31.6 Å². The smallest absolute Gasteiger partial charge is 0.186 e. The Kier molecular flexibility index (Phi) is 13.1. The van der Waals surface area contributed by atoms with Crippen LogP contribution in [-0.2, 0) is 23.7 Å². The Morgan fingerprint density at radius 1 is 0.978 bits per heavy atom. The van der Waals surface area contributed by atoms with Crippen LogP contribution in [0, 0.1) is 5.92 Å². The Morgan fingerprint density at radius 2 is 1.67 bits per heavy atom. The van der Waals surface area contributed by atoms with Crippen LogP contribution in [-0.4, -0.2) is 154 Å². The van der Waals surface area contributed by atoms with E-state index >= 15 is 0 Å². The second kappa shape index (κ2) is 16.0. The molecule has 17 N–H and O–H groups in total. The molecule has 2 heterocycles. The summed E-state index contributed by atoms with van der Waals surface area (Å²) < 4.78 is 24.2. The molecule has 0 bridgehead atoms. The zero-order chi connectivity index (χ0) is 33.1. The van der Waals surface area contributed by atoms with Gasteiger partial charge >= 0.3 is 0 Å². The molecule has 2 aliphatic heterocycles. The van der Waals surface area contributed by atoms with E-state index in [0.717, 1.165) is 0 Å². The van der Waals surface area contributed by atoms with Crippen LogP contribution in [0.4, 0.5) is 0 Å². The standard InChI is InChI=1S/C28H54N6O11/c29-4-3-14(36)10-34-17-2-1-15(9-30)42-26(17)45-25-16(32)5-12(6-19(37)28(41)7-13(31)8-28)24(23(25)40)44-27-22(39)20(33)21(38)18(11-35)43-27/h12-18,20-27,34-36,38-41H,1-11,29-33H2/t12-,13?,14?,15-,16-,17+,18+,20-,21+,22+,23+,24-,25?,26+,27+,28?/m0/s1. The second-order valence-electron chi connectivity index (χ2n) is 13.1. The van der Waals surface area contributed by atoms with Gasteiger partial charge in [0.2, 0.25) is 0 Å². The van der Waals surface area contributed by atoms with Crippen molar-refractivity contribution < 1.29 is 54.4 Å². The van der Waals surface area contributed by atoms with Crippen LogP contribution in [0.25, 0.3) is 0 Å². The number of rotatable bonds is 14. The van der Waals surface area contributed by atoms with Crippen LogP contribution in [0.2, 0.25) is 0 Å². The minimum atomic E-state index is -1.60. The quantitative estimate of drug-likeness (QED) is 0.0832. The first-order valence-corrected chi connectivity index (χ1v) is 15.9. The Balaban J connectivity index is 1.54. The molecular formula is C28H54N6O11. The van der Waals surface area contributed by atoms with Crippen molar-refractivity contribution in [3.8, 4) is 0 Å². The Bertz CT molecular complexity index is 949. The Labute approximate surface area is 262 Å². The van der Waals surface area contributed by atoms with Gasteiger partial charge in [0.1, 0.15) is 36.1 Å². The lowest BCUT2D eigenvalue weighted by atomic mass is 9.69. The van der Waals surface area contributed by atoms with Gasteiger partial charge in [-0.3, -0.25) is 4.79 Å². The largest absolute Gasteiger partial charge is 0.394 e. The minimum absolute atomic E-state index is 0.107. The van der Waals surface area contributed by atoms with Crippen molar-refractivity contribution in [1.29, 1.82) is 0 Å². The van der Waals surface area contributed by atoms with Gasteiger partial charge in [0.05, 0.1) is 37.0 Å². The summed E-state index contributed by atoms with van der Waals surface area (Å²) in [7, 11) is 0. The summed E-state index contributed by atoms with van der Waals surface area (Å²) in [4.78, 5) is 13.2. The average Bonchev–Trinajstić information content (AvgIpc) is 2.99. The molecule has 2 saturated heterocycles. The molecule has 2 unspecified atom stereocenters. The highest BCUT2D eigenvalue weighted by Crippen LogP contribution is 2.39. The van der Waals surface area contributed by atoms with Crippen LogP contribution in [0.3, 0.4) is 0 Å². The van der Waals surface area contributed by atoms with Crippen molar-refractivity contribution in [1.82, 2.24) is 5.32 Å². The maximum atomic E-state index is 13.2. The zero-order valence-corrected chi connectivity index (χ0v) is 25.5. The third-order valence-electron chi connectivity index (χ3n) is 9.65. The number of carbonyl (C=O) groups excluding carboxylic acids is 1. The predicted octanol–water partition coefficient (Wildman–Crippen LogP) is -5.83. The molecule has 0 spiro atoms. The van der Waals surface area contributed by atoms with Gasteiger partial charge in [-0.25, -0.2) is 0 Å². The highest BCUT2D eigenvalue weighted by Gasteiger charge is 2.53. The van der Waals surface area contributed by atoms with E-state index in [2.05, 4.69) is 5.32 Å². The summed E-state index contributed by atoms with van der Waals surface area (Å²) in [6.45, 7) is 0.171. The molecule has 4 rings (SSSR count). The summed E-state index contributed by atoms with van der Waals surface area (Å²) in [5, 5.41) is 66.7. The molecule has 0 aromatic rings. The van der Waals surface area contributed by atoms with Gasteiger partial charge < -0.3 is 83.6 Å². The lowest BCUT2D eigenvalue weighted by Crippen LogP contribution is -2.66. The molecule has 45 heavy (non-hydrogen) atoms. The highest BCUT2D eigenvalue weighted by atomic mass is 16.7. The molecule has 0 aromatic carbocycles. The minimum Gasteiger partial charge on any atom is -0.394 e. The van der Waals surface area contributed by atoms with E-state index in [-0.39, 0.29) is 57.0 Å². The number of ketones is 1.